The van der Waals surface area contributed by atoms with Crippen LogP contribution in [0.1, 0.15) is 25.3 Å². The van der Waals surface area contributed by atoms with E-state index in [-0.39, 0.29) is 19.1 Å². The zero-order chi connectivity index (χ0) is 21.0. The van der Waals surface area contributed by atoms with Crippen LogP contribution in [0.5, 0.6) is 0 Å². The van der Waals surface area contributed by atoms with Crippen molar-refractivity contribution in [1.82, 2.24) is 9.80 Å². The van der Waals surface area contributed by atoms with E-state index in [4.69, 9.17) is 14.2 Å². The van der Waals surface area contributed by atoms with Gasteiger partial charge in [-0.05, 0) is 25.3 Å². The monoisotopic (exact) mass is 404 g/mol. The van der Waals surface area contributed by atoms with Gasteiger partial charge < -0.3 is 24.0 Å². The Morgan fingerprint density at radius 2 is 1.79 bits per heavy atom. The van der Waals surface area contributed by atoms with Gasteiger partial charge in [0.2, 0.25) is 0 Å². The molecule has 8 nitrogen and oxygen atoms in total. The van der Waals surface area contributed by atoms with Crippen LogP contribution in [-0.4, -0.2) is 73.3 Å². The maximum absolute atomic E-state index is 12.7. The average molecular weight is 404 g/mol. The Balaban J connectivity index is 1.68. The minimum atomic E-state index is -0.865. The van der Waals surface area contributed by atoms with Crippen LogP contribution < -0.4 is 0 Å². The summed E-state index contributed by atoms with van der Waals surface area (Å²) in [5.74, 6) is -1.38. The molecule has 0 unspecified atom stereocenters. The third-order valence-corrected chi connectivity index (χ3v) is 6.01. The second kappa shape index (κ2) is 8.82. The van der Waals surface area contributed by atoms with Crippen molar-refractivity contribution in [2.75, 3.05) is 33.9 Å². The second-order valence-electron chi connectivity index (χ2n) is 7.41. The number of likely N-dealkylation sites (N-methyl/N-ethyl adjacent to an activating group) is 1. The van der Waals surface area contributed by atoms with Crippen molar-refractivity contribution in [3.8, 4) is 0 Å². The molecule has 2 aliphatic rings. The van der Waals surface area contributed by atoms with Crippen LogP contribution in [0.4, 0.5) is 4.79 Å². The third-order valence-electron chi connectivity index (χ3n) is 6.01. The molecule has 2 fully saturated rings. The van der Waals surface area contributed by atoms with Crippen molar-refractivity contribution < 1.29 is 28.6 Å². The van der Waals surface area contributed by atoms with Gasteiger partial charge in [-0.15, -0.1) is 0 Å². The molecule has 2 atom stereocenters. The Labute approximate surface area is 170 Å². The molecular weight excluding hydrogens is 376 g/mol. The third kappa shape index (κ3) is 3.94. The topological polar surface area (TPSA) is 85.4 Å². The number of hydrogen-bond acceptors (Lipinski definition) is 6. The normalized spacial score (nSPS) is 23.3. The van der Waals surface area contributed by atoms with Gasteiger partial charge >= 0.3 is 12.1 Å². The molecule has 2 saturated heterocycles. The van der Waals surface area contributed by atoms with Crippen molar-refractivity contribution in [3.63, 3.8) is 0 Å². The fraction of sp³-hybridized carbons (Fsp3) is 0.571. The van der Waals surface area contributed by atoms with E-state index in [2.05, 4.69) is 0 Å². The maximum atomic E-state index is 12.7. The molecule has 2 heterocycles. The lowest BCUT2D eigenvalue weighted by atomic mass is 9.76. The molecule has 158 valence electrons. The van der Waals surface area contributed by atoms with Crippen molar-refractivity contribution >= 4 is 18.0 Å². The van der Waals surface area contributed by atoms with E-state index in [0.29, 0.717) is 25.9 Å². The van der Waals surface area contributed by atoms with Gasteiger partial charge in [0.15, 0.2) is 6.10 Å². The van der Waals surface area contributed by atoms with E-state index in [1.807, 2.05) is 30.3 Å². The van der Waals surface area contributed by atoms with Crippen LogP contribution in [0.25, 0.3) is 0 Å². The van der Waals surface area contributed by atoms with Gasteiger partial charge in [-0.1, -0.05) is 30.3 Å². The lowest BCUT2D eigenvalue weighted by molar-refractivity contribution is -0.157. The van der Waals surface area contributed by atoms with Gasteiger partial charge in [-0.25, -0.2) is 4.79 Å². The van der Waals surface area contributed by atoms with Gasteiger partial charge in [0, 0.05) is 27.2 Å². The Kier molecular flexibility index (Phi) is 6.42. The van der Waals surface area contributed by atoms with Crippen LogP contribution in [-0.2, 0) is 30.4 Å². The lowest BCUT2D eigenvalue weighted by Gasteiger charge is -2.45. The van der Waals surface area contributed by atoms with E-state index < -0.39 is 29.6 Å². The molecule has 2 aliphatic heterocycles. The Morgan fingerprint density at radius 1 is 1.14 bits per heavy atom. The number of carbonyl (C=O) groups excluding carboxylic acids is 3. The number of nitrogens with zero attached hydrogens (tertiary/aromatic N) is 2. The van der Waals surface area contributed by atoms with Crippen molar-refractivity contribution in [3.05, 3.63) is 35.9 Å². The summed E-state index contributed by atoms with van der Waals surface area (Å²) in [6.07, 6.45) is -0.347. The van der Waals surface area contributed by atoms with E-state index >= 15 is 0 Å². The molecule has 8 heteroatoms. The van der Waals surface area contributed by atoms with Gasteiger partial charge in [-0.2, -0.15) is 0 Å². The number of rotatable bonds is 5. The highest BCUT2D eigenvalue weighted by molar-refractivity contribution is 5.93. The summed E-state index contributed by atoms with van der Waals surface area (Å²) in [6.45, 7) is 2.95. The van der Waals surface area contributed by atoms with E-state index in [0.717, 1.165) is 5.56 Å². The number of esters is 1. The summed E-state index contributed by atoms with van der Waals surface area (Å²) in [7, 11) is 3.12. The zero-order valence-corrected chi connectivity index (χ0v) is 17.1. The summed E-state index contributed by atoms with van der Waals surface area (Å²) < 4.78 is 16.0. The maximum Gasteiger partial charge on any atom is 0.410 e. The molecule has 1 spiro atoms. The first-order valence-corrected chi connectivity index (χ1v) is 9.87. The van der Waals surface area contributed by atoms with Gasteiger partial charge in [0.25, 0.3) is 5.91 Å². The molecule has 29 heavy (non-hydrogen) atoms. The van der Waals surface area contributed by atoms with Crippen LogP contribution in [0.3, 0.4) is 0 Å². The number of methoxy groups -OCH3 is 1. The number of benzene rings is 1. The molecule has 2 amide bonds. The van der Waals surface area contributed by atoms with Crippen molar-refractivity contribution in [2.24, 2.45) is 5.92 Å². The molecule has 0 aromatic heterocycles. The van der Waals surface area contributed by atoms with Gasteiger partial charge in [-0.3, -0.25) is 9.59 Å². The number of ether oxygens (including phenoxy) is 3. The smallest absolute Gasteiger partial charge is 0.410 e. The molecule has 0 bridgehead atoms. The number of amides is 2. The molecule has 0 saturated carbocycles. The summed E-state index contributed by atoms with van der Waals surface area (Å²) in [5.41, 5.74) is 0.195. The minimum Gasteiger partial charge on any atom is -0.466 e. The highest BCUT2D eigenvalue weighted by Gasteiger charge is 2.62. The summed E-state index contributed by atoms with van der Waals surface area (Å²) in [5, 5.41) is 0. The lowest BCUT2D eigenvalue weighted by Crippen LogP contribution is -2.57. The molecule has 1 aromatic carbocycles. The van der Waals surface area contributed by atoms with Crippen LogP contribution >= 0.6 is 0 Å². The highest BCUT2D eigenvalue weighted by Crippen LogP contribution is 2.44. The largest absolute Gasteiger partial charge is 0.466 e. The fourth-order valence-electron chi connectivity index (χ4n) is 4.39. The first-order chi connectivity index (χ1) is 13.9. The molecular formula is C21H28N2O6. The van der Waals surface area contributed by atoms with Crippen LogP contribution in [0.15, 0.2) is 30.3 Å². The summed E-state index contributed by atoms with van der Waals surface area (Å²) in [4.78, 5) is 41.1. The van der Waals surface area contributed by atoms with E-state index in [9.17, 15) is 14.4 Å². The van der Waals surface area contributed by atoms with Crippen molar-refractivity contribution in [2.45, 2.75) is 38.0 Å². The summed E-state index contributed by atoms with van der Waals surface area (Å²) >= 11 is 0. The molecule has 1 aromatic rings. The summed E-state index contributed by atoms with van der Waals surface area (Å²) in [6, 6.07) is 9.48. The van der Waals surface area contributed by atoms with Crippen LogP contribution in [0, 0.1) is 5.92 Å². The van der Waals surface area contributed by atoms with E-state index in [1.54, 1.807) is 23.8 Å². The standard InChI is InChI=1S/C21H28N2O6/c1-4-28-19(25)16-17(27-3)18(24)22(2)21(16)10-12-23(13-11-21)20(26)29-14-15-8-6-5-7-9-15/h5-9,16-17H,4,10-14H2,1-3H3/t16-,17+/m0/s1. The molecule has 0 aliphatic carbocycles. The average Bonchev–Trinajstić information content (AvgIpc) is 2.95. The van der Waals surface area contributed by atoms with Gasteiger partial charge in [0.05, 0.1) is 12.1 Å². The Hall–Kier alpha value is -2.61. The fourth-order valence-corrected chi connectivity index (χ4v) is 4.39. The highest BCUT2D eigenvalue weighted by atomic mass is 16.6. The number of likely N-dealkylation sites (tertiary alicyclic amines) is 2. The first kappa shape index (κ1) is 21.1. The number of hydrogen-bond donors (Lipinski definition) is 0. The van der Waals surface area contributed by atoms with Gasteiger partial charge in [0.1, 0.15) is 12.5 Å². The predicted octanol–water partition coefficient (Wildman–Crippen LogP) is 1.82. The van der Waals surface area contributed by atoms with Crippen LogP contribution in [0.2, 0.25) is 0 Å². The minimum absolute atomic E-state index is 0.205. The predicted molar refractivity (Wildman–Crippen MR) is 104 cm³/mol. The quantitative estimate of drug-likeness (QED) is 0.696. The van der Waals surface area contributed by atoms with Crippen molar-refractivity contribution in [1.29, 1.82) is 0 Å². The Bertz CT molecular complexity index is 745. The number of carbonyl (C=O) groups is 3. The molecule has 0 radical (unpaired) electrons. The Morgan fingerprint density at radius 3 is 2.38 bits per heavy atom. The first-order valence-electron chi connectivity index (χ1n) is 9.87. The van der Waals surface area contributed by atoms with E-state index in [1.165, 1.54) is 7.11 Å². The molecule has 0 N–H and O–H groups in total. The SMILES string of the molecule is CCOC(=O)[C@@H]1[C@@H](OC)C(=O)N(C)C12CCN(C(=O)OCc1ccccc1)CC2. The second-order valence-corrected chi connectivity index (χ2v) is 7.41. The number of piperidine rings is 1. The molecule has 3 rings (SSSR count). The zero-order valence-electron chi connectivity index (χ0n) is 17.1.